The molecule has 0 aliphatic carbocycles. The molecule has 0 saturated carbocycles. The fourth-order valence-electron chi connectivity index (χ4n) is 5.32. The summed E-state index contributed by atoms with van der Waals surface area (Å²) in [7, 11) is 1.63. The molecule has 46 heavy (non-hydrogen) atoms. The van der Waals surface area contributed by atoms with Gasteiger partial charge in [0.05, 0.1) is 41.2 Å². The number of nitrogens with zero attached hydrogens (tertiary/aromatic N) is 4. The molecule has 0 bridgehead atoms. The molecular weight excluding hydrogens is 617 g/mol. The highest BCUT2D eigenvalue weighted by atomic mass is 32.2. The van der Waals surface area contributed by atoms with E-state index in [0.717, 1.165) is 38.7 Å². The van der Waals surface area contributed by atoms with Gasteiger partial charge in [0.25, 0.3) is 5.56 Å². The number of allylic oxidation sites excluding steroid dienone is 1. The minimum Gasteiger partial charge on any atom is -0.497 e. The van der Waals surface area contributed by atoms with Crippen LogP contribution in [-0.4, -0.2) is 40.3 Å². The van der Waals surface area contributed by atoms with Crippen LogP contribution in [0, 0.1) is 5.92 Å². The van der Waals surface area contributed by atoms with Gasteiger partial charge in [-0.05, 0) is 79.3 Å². The summed E-state index contributed by atoms with van der Waals surface area (Å²) in [6, 6.07) is 24.8. The van der Waals surface area contributed by atoms with Crippen LogP contribution in [0.1, 0.15) is 37.9 Å². The lowest BCUT2D eigenvalue weighted by molar-refractivity contribution is -0.140. The summed E-state index contributed by atoms with van der Waals surface area (Å²) in [5.41, 5.74) is 4.75. The molecular formula is C36H34N4O4S2. The molecule has 0 spiro atoms. The minimum atomic E-state index is -0.679. The van der Waals surface area contributed by atoms with Gasteiger partial charge in [0.15, 0.2) is 4.80 Å². The molecule has 0 amide bonds. The Morgan fingerprint density at radius 3 is 2.41 bits per heavy atom. The van der Waals surface area contributed by atoms with E-state index in [1.807, 2.05) is 116 Å². The molecule has 10 heteroatoms. The van der Waals surface area contributed by atoms with Gasteiger partial charge in [-0.2, -0.15) is 5.10 Å². The molecule has 0 radical (unpaired) electrons. The van der Waals surface area contributed by atoms with E-state index >= 15 is 0 Å². The van der Waals surface area contributed by atoms with Gasteiger partial charge in [0.1, 0.15) is 11.4 Å². The van der Waals surface area contributed by atoms with E-state index in [9.17, 15) is 9.59 Å². The van der Waals surface area contributed by atoms with Crippen LogP contribution in [0.2, 0.25) is 0 Å². The lowest BCUT2D eigenvalue weighted by atomic mass is 9.96. The highest BCUT2D eigenvalue weighted by Gasteiger charge is 2.33. The smallest absolute Gasteiger partial charge is 0.338 e. The number of rotatable bonds is 9. The van der Waals surface area contributed by atoms with Crippen LogP contribution < -0.4 is 19.6 Å². The van der Waals surface area contributed by atoms with Crippen molar-refractivity contribution in [2.24, 2.45) is 10.9 Å². The molecule has 0 fully saturated rings. The van der Waals surface area contributed by atoms with Crippen molar-refractivity contribution < 1.29 is 14.3 Å². The highest BCUT2D eigenvalue weighted by molar-refractivity contribution is 7.98. The van der Waals surface area contributed by atoms with Crippen LogP contribution in [0.3, 0.4) is 0 Å². The summed E-state index contributed by atoms with van der Waals surface area (Å²) >= 11 is 2.92. The van der Waals surface area contributed by atoms with Gasteiger partial charge >= 0.3 is 5.97 Å². The Morgan fingerprint density at radius 2 is 1.76 bits per heavy atom. The summed E-state index contributed by atoms with van der Waals surface area (Å²) in [5, 5.41) is 4.92. The van der Waals surface area contributed by atoms with Crippen molar-refractivity contribution >= 4 is 35.1 Å². The molecule has 3 heterocycles. The zero-order chi connectivity index (χ0) is 32.4. The largest absolute Gasteiger partial charge is 0.497 e. The second-order valence-electron chi connectivity index (χ2n) is 11.3. The van der Waals surface area contributed by atoms with Gasteiger partial charge in [-0.15, -0.1) is 11.8 Å². The number of thiazole rings is 1. The zero-order valence-electron chi connectivity index (χ0n) is 26.3. The summed E-state index contributed by atoms with van der Waals surface area (Å²) in [6.45, 7) is 6.06. The van der Waals surface area contributed by atoms with Crippen LogP contribution in [0.4, 0.5) is 0 Å². The molecule has 8 nitrogen and oxygen atoms in total. The minimum absolute atomic E-state index is 0.169. The average Bonchev–Trinajstić information content (AvgIpc) is 3.63. The molecule has 0 N–H and O–H groups in total. The van der Waals surface area contributed by atoms with Crippen molar-refractivity contribution in [3.63, 3.8) is 0 Å². The highest BCUT2D eigenvalue weighted by Crippen LogP contribution is 2.32. The molecule has 5 aromatic rings. The SMILES string of the molecule is COc1ccc(-c2nn(-c3ccccc3)cc2C=c2sc3n(c2=O)C(c2ccc(SC)cc2)C(C(=O)OCC(C)C)=C(C)N=3)cc1. The van der Waals surface area contributed by atoms with E-state index in [1.165, 1.54) is 11.3 Å². The third-order valence-electron chi connectivity index (χ3n) is 7.63. The van der Waals surface area contributed by atoms with E-state index in [2.05, 4.69) is 0 Å². The summed E-state index contributed by atoms with van der Waals surface area (Å²) in [5.74, 6) is 0.445. The third-order valence-corrected chi connectivity index (χ3v) is 9.36. The first-order chi connectivity index (χ1) is 22.3. The molecule has 0 saturated heterocycles. The van der Waals surface area contributed by atoms with Gasteiger partial charge < -0.3 is 9.47 Å². The van der Waals surface area contributed by atoms with Crippen molar-refractivity contribution in [1.29, 1.82) is 0 Å². The van der Waals surface area contributed by atoms with Gasteiger partial charge in [-0.1, -0.05) is 55.5 Å². The Kier molecular flexibility index (Phi) is 9.10. The van der Waals surface area contributed by atoms with Gasteiger partial charge in [-0.25, -0.2) is 14.5 Å². The van der Waals surface area contributed by atoms with E-state index in [-0.39, 0.29) is 18.1 Å². The van der Waals surface area contributed by atoms with Gasteiger partial charge in [-0.3, -0.25) is 9.36 Å². The number of para-hydroxylation sites is 1. The number of methoxy groups -OCH3 is 1. The number of carbonyl (C=O) groups is 1. The van der Waals surface area contributed by atoms with Crippen LogP contribution in [0.25, 0.3) is 23.0 Å². The second-order valence-corrected chi connectivity index (χ2v) is 13.2. The first-order valence-electron chi connectivity index (χ1n) is 14.9. The van der Waals surface area contributed by atoms with Crippen LogP contribution >= 0.6 is 23.1 Å². The maximum atomic E-state index is 14.3. The number of hydrogen-bond acceptors (Lipinski definition) is 8. The first-order valence-corrected chi connectivity index (χ1v) is 16.9. The number of carbonyl (C=O) groups excluding carboxylic acids is 1. The summed E-state index contributed by atoms with van der Waals surface area (Å²) < 4.78 is 15.0. The number of esters is 1. The van der Waals surface area contributed by atoms with E-state index in [0.29, 0.717) is 20.6 Å². The molecule has 1 aliphatic heterocycles. The standard InChI is InChI=1S/C36H34N4O4S2/c1-22(2)21-44-35(42)31-23(3)37-36-40(33(31)25-13-17-29(45-5)18-14-25)34(41)30(46-36)19-26-20-39(27-9-7-6-8-10-27)38-32(26)24-11-15-28(43-4)16-12-24/h6-20,22,33H,21H2,1-5H3. The summed E-state index contributed by atoms with van der Waals surface area (Å²) in [6.07, 6.45) is 5.79. The molecule has 2 aromatic heterocycles. The van der Waals surface area contributed by atoms with Gasteiger partial charge in [0.2, 0.25) is 0 Å². The lowest BCUT2D eigenvalue weighted by Gasteiger charge is -2.25. The van der Waals surface area contributed by atoms with Crippen LogP contribution in [0.15, 0.2) is 111 Å². The van der Waals surface area contributed by atoms with Gasteiger partial charge in [0, 0.05) is 22.2 Å². The predicted molar refractivity (Wildman–Crippen MR) is 183 cm³/mol. The predicted octanol–water partition coefficient (Wildman–Crippen LogP) is 6.02. The van der Waals surface area contributed by atoms with Crippen LogP contribution in [0.5, 0.6) is 5.75 Å². The molecule has 3 aromatic carbocycles. The maximum Gasteiger partial charge on any atom is 0.338 e. The van der Waals surface area contributed by atoms with Crippen molar-refractivity contribution in [2.45, 2.75) is 31.7 Å². The first kappa shape index (κ1) is 31.3. The third kappa shape index (κ3) is 6.23. The summed E-state index contributed by atoms with van der Waals surface area (Å²) in [4.78, 5) is 34.2. The Bertz CT molecular complexity index is 2090. The van der Waals surface area contributed by atoms with E-state index < -0.39 is 12.0 Å². The fourth-order valence-corrected chi connectivity index (χ4v) is 6.77. The number of ether oxygens (including phenoxy) is 2. The lowest BCUT2D eigenvalue weighted by Crippen LogP contribution is -2.40. The monoisotopic (exact) mass is 650 g/mol. The Morgan fingerprint density at radius 1 is 1.04 bits per heavy atom. The van der Waals surface area contributed by atoms with Crippen molar-refractivity contribution in [3.8, 4) is 22.7 Å². The van der Waals surface area contributed by atoms with E-state index in [1.54, 1.807) is 30.4 Å². The average molecular weight is 651 g/mol. The number of thioether (sulfide) groups is 1. The Balaban J connectivity index is 1.52. The van der Waals surface area contributed by atoms with E-state index in [4.69, 9.17) is 19.6 Å². The normalized spacial score (nSPS) is 14.7. The Labute approximate surface area is 275 Å². The maximum absolute atomic E-state index is 14.3. The molecule has 1 atom stereocenters. The molecule has 234 valence electrons. The number of hydrogen-bond donors (Lipinski definition) is 0. The number of benzene rings is 3. The topological polar surface area (TPSA) is 87.7 Å². The second kappa shape index (κ2) is 13.4. The zero-order valence-corrected chi connectivity index (χ0v) is 27.9. The molecule has 1 aliphatic rings. The van der Waals surface area contributed by atoms with Crippen molar-refractivity contribution in [3.05, 3.63) is 127 Å². The quantitative estimate of drug-likeness (QED) is 0.143. The number of fused-ring (bicyclic) bond motifs is 1. The van der Waals surface area contributed by atoms with Crippen LogP contribution in [-0.2, 0) is 9.53 Å². The van der Waals surface area contributed by atoms with Crippen molar-refractivity contribution in [2.75, 3.05) is 20.0 Å². The Hall–Kier alpha value is -4.67. The fraction of sp³-hybridized carbons (Fsp3) is 0.222. The van der Waals surface area contributed by atoms with Crippen molar-refractivity contribution in [1.82, 2.24) is 14.3 Å². The number of aromatic nitrogens is 3. The molecule has 6 rings (SSSR count). The molecule has 1 unspecified atom stereocenters.